The van der Waals surface area contributed by atoms with Crippen molar-refractivity contribution in [2.24, 2.45) is 11.8 Å². The van der Waals surface area contributed by atoms with Crippen molar-refractivity contribution in [1.82, 2.24) is 9.97 Å². The third kappa shape index (κ3) is 2.84. The summed E-state index contributed by atoms with van der Waals surface area (Å²) in [6.07, 6.45) is 4.86. The second kappa shape index (κ2) is 5.79. The Bertz CT molecular complexity index is 636. The van der Waals surface area contributed by atoms with Gasteiger partial charge in [0.1, 0.15) is 10.6 Å². The van der Waals surface area contributed by atoms with Gasteiger partial charge in [-0.1, -0.05) is 33.6 Å². The summed E-state index contributed by atoms with van der Waals surface area (Å²) in [7, 11) is 0. The molecule has 0 aliphatic heterocycles. The van der Waals surface area contributed by atoms with Crippen molar-refractivity contribution in [3.8, 4) is 0 Å². The van der Waals surface area contributed by atoms with E-state index in [1.54, 1.807) is 11.3 Å². The van der Waals surface area contributed by atoms with E-state index in [2.05, 4.69) is 42.1 Å². The van der Waals surface area contributed by atoms with Crippen molar-refractivity contribution in [2.45, 2.75) is 52.5 Å². The van der Waals surface area contributed by atoms with E-state index in [0.717, 1.165) is 28.4 Å². The van der Waals surface area contributed by atoms with Crippen molar-refractivity contribution in [3.05, 3.63) is 10.9 Å². The Balaban J connectivity index is 1.94. The molecular weight excluding hydrogens is 280 g/mol. The number of nitrogens with two attached hydrogens (primary N) is 1. The Morgan fingerprint density at radius 1 is 1.33 bits per heavy atom. The van der Waals surface area contributed by atoms with E-state index >= 15 is 0 Å². The van der Waals surface area contributed by atoms with Crippen molar-refractivity contribution >= 4 is 33.3 Å². The van der Waals surface area contributed by atoms with Gasteiger partial charge in [-0.2, -0.15) is 4.98 Å². The zero-order valence-corrected chi connectivity index (χ0v) is 13.8. The Morgan fingerprint density at radius 3 is 2.90 bits per heavy atom. The highest BCUT2D eigenvalue weighted by atomic mass is 32.1. The lowest BCUT2D eigenvalue weighted by molar-refractivity contribution is 0.253. The molecule has 0 amide bonds. The van der Waals surface area contributed by atoms with E-state index in [0.29, 0.717) is 17.9 Å². The third-order valence-electron chi connectivity index (χ3n) is 4.84. The van der Waals surface area contributed by atoms with Crippen LogP contribution < -0.4 is 11.1 Å². The highest BCUT2D eigenvalue weighted by Gasteiger charge is 2.27. The van der Waals surface area contributed by atoms with Crippen LogP contribution in [0.3, 0.4) is 0 Å². The lowest BCUT2D eigenvalue weighted by atomic mass is 9.78. The molecule has 0 spiro atoms. The summed E-state index contributed by atoms with van der Waals surface area (Å²) in [6.45, 7) is 6.86. The molecule has 1 aliphatic rings. The summed E-state index contributed by atoms with van der Waals surface area (Å²) >= 11 is 1.72. The van der Waals surface area contributed by atoms with Crippen LogP contribution >= 0.6 is 11.3 Å². The average molecular weight is 304 g/mol. The molecule has 0 bridgehead atoms. The fourth-order valence-electron chi connectivity index (χ4n) is 3.23. The van der Waals surface area contributed by atoms with Crippen LogP contribution in [0.2, 0.25) is 0 Å². The molecule has 0 saturated heterocycles. The number of hydrogen-bond donors (Lipinski definition) is 2. The second-order valence-electron chi connectivity index (χ2n) is 6.23. The maximum atomic E-state index is 5.89. The van der Waals surface area contributed by atoms with Gasteiger partial charge in [-0.25, -0.2) is 4.98 Å². The molecule has 0 aromatic carbocycles. The van der Waals surface area contributed by atoms with Gasteiger partial charge in [0.25, 0.3) is 0 Å². The molecular formula is C16H24N4S. The van der Waals surface area contributed by atoms with Gasteiger partial charge in [0.05, 0.1) is 5.39 Å². The minimum atomic E-state index is 0.367. The minimum absolute atomic E-state index is 0.367. The number of nitrogen functional groups attached to an aromatic ring is 1. The van der Waals surface area contributed by atoms with Gasteiger partial charge < -0.3 is 11.1 Å². The molecule has 1 saturated carbocycles. The number of aromatic nitrogens is 2. The highest BCUT2D eigenvalue weighted by Crippen LogP contribution is 2.34. The first kappa shape index (κ1) is 14.6. The van der Waals surface area contributed by atoms with Gasteiger partial charge in [-0.3, -0.25) is 0 Å². The predicted octanol–water partition coefficient (Wildman–Crippen LogP) is 4.07. The summed E-state index contributed by atoms with van der Waals surface area (Å²) in [5.74, 6) is 2.71. The molecule has 2 aromatic rings. The molecule has 3 N–H and O–H groups in total. The summed E-state index contributed by atoms with van der Waals surface area (Å²) in [5.41, 5.74) is 5.89. The summed E-state index contributed by atoms with van der Waals surface area (Å²) in [5, 5.41) is 4.78. The normalized spacial score (nSPS) is 26.1. The van der Waals surface area contributed by atoms with Crippen LogP contribution in [0.1, 0.15) is 44.9 Å². The van der Waals surface area contributed by atoms with Crippen LogP contribution in [-0.2, 0) is 6.42 Å². The van der Waals surface area contributed by atoms with E-state index in [-0.39, 0.29) is 0 Å². The first-order chi connectivity index (χ1) is 10.1. The van der Waals surface area contributed by atoms with Gasteiger partial charge in [0, 0.05) is 10.9 Å². The molecule has 2 heterocycles. The van der Waals surface area contributed by atoms with Gasteiger partial charge in [0.2, 0.25) is 5.95 Å². The molecule has 5 heteroatoms. The molecule has 4 nitrogen and oxygen atoms in total. The van der Waals surface area contributed by atoms with Crippen molar-refractivity contribution in [3.63, 3.8) is 0 Å². The van der Waals surface area contributed by atoms with Crippen LogP contribution in [0.5, 0.6) is 0 Å². The van der Waals surface area contributed by atoms with E-state index in [1.165, 1.54) is 24.1 Å². The summed E-state index contributed by atoms with van der Waals surface area (Å²) in [6, 6.07) is 2.69. The number of nitrogens with one attached hydrogen (secondary N) is 1. The monoisotopic (exact) mass is 304 g/mol. The number of thiophene rings is 1. The van der Waals surface area contributed by atoms with Crippen LogP contribution in [0, 0.1) is 11.8 Å². The van der Waals surface area contributed by atoms with Crippen molar-refractivity contribution in [2.75, 3.05) is 11.1 Å². The van der Waals surface area contributed by atoms with E-state index in [9.17, 15) is 0 Å². The third-order valence-corrected chi connectivity index (χ3v) is 6.01. The molecule has 21 heavy (non-hydrogen) atoms. The Labute approximate surface area is 130 Å². The molecule has 3 rings (SSSR count). The summed E-state index contributed by atoms with van der Waals surface area (Å²) < 4.78 is 0. The number of aryl methyl sites for hydroxylation is 1. The molecule has 0 radical (unpaired) electrons. The lowest BCUT2D eigenvalue weighted by Crippen LogP contribution is -2.35. The molecule has 3 unspecified atom stereocenters. The van der Waals surface area contributed by atoms with Crippen molar-refractivity contribution < 1.29 is 0 Å². The molecule has 2 aromatic heterocycles. The number of nitrogens with zero attached hydrogens (tertiary/aromatic N) is 2. The highest BCUT2D eigenvalue weighted by molar-refractivity contribution is 7.18. The minimum Gasteiger partial charge on any atom is -0.368 e. The fraction of sp³-hybridized carbons (Fsp3) is 0.625. The molecule has 1 fully saturated rings. The SMILES string of the molecule is CCc1cc2c(NC3CCCC(C)C3C)nc(N)nc2s1. The number of anilines is 2. The number of fused-ring (bicyclic) bond motifs is 1. The zero-order chi connectivity index (χ0) is 15.0. The quantitative estimate of drug-likeness (QED) is 0.897. The average Bonchev–Trinajstić information content (AvgIpc) is 2.87. The molecule has 114 valence electrons. The largest absolute Gasteiger partial charge is 0.368 e. The first-order valence-corrected chi connectivity index (χ1v) is 8.72. The van der Waals surface area contributed by atoms with Crippen LogP contribution in [-0.4, -0.2) is 16.0 Å². The van der Waals surface area contributed by atoms with Gasteiger partial charge in [-0.05, 0) is 30.7 Å². The number of rotatable bonds is 3. The Hall–Kier alpha value is -1.36. The van der Waals surface area contributed by atoms with Crippen LogP contribution in [0.4, 0.5) is 11.8 Å². The maximum Gasteiger partial charge on any atom is 0.223 e. The smallest absolute Gasteiger partial charge is 0.223 e. The van der Waals surface area contributed by atoms with Gasteiger partial charge in [0.15, 0.2) is 0 Å². The van der Waals surface area contributed by atoms with E-state index in [1.807, 2.05) is 0 Å². The zero-order valence-electron chi connectivity index (χ0n) is 13.0. The van der Waals surface area contributed by atoms with Gasteiger partial charge >= 0.3 is 0 Å². The molecule has 3 atom stereocenters. The first-order valence-electron chi connectivity index (χ1n) is 7.91. The van der Waals surface area contributed by atoms with Crippen LogP contribution in [0.15, 0.2) is 6.07 Å². The van der Waals surface area contributed by atoms with E-state index < -0.39 is 0 Å². The lowest BCUT2D eigenvalue weighted by Gasteiger charge is -2.35. The van der Waals surface area contributed by atoms with Crippen LogP contribution in [0.25, 0.3) is 10.2 Å². The van der Waals surface area contributed by atoms with Gasteiger partial charge in [-0.15, -0.1) is 11.3 Å². The Morgan fingerprint density at radius 2 is 2.14 bits per heavy atom. The topological polar surface area (TPSA) is 63.8 Å². The standard InChI is InChI=1S/C16H24N4S/c1-4-11-8-12-14(19-16(17)20-15(12)21-11)18-13-7-5-6-9(2)10(13)3/h8-10,13H,4-7H2,1-3H3,(H3,17,18,19,20). The number of hydrogen-bond acceptors (Lipinski definition) is 5. The maximum absolute atomic E-state index is 5.89. The van der Waals surface area contributed by atoms with E-state index in [4.69, 9.17) is 5.73 Å². The predicted molar refractivity (Wildman–Crippen MR) is 90.8 cm³/mol. The second-order valence-corrected chi connectivity index (χ2v) is 7.35. The van der Waals surface area contributed by atoms with Crippen molar-refractivity contribution in [1.29, 1.82) is 0 Å². The Kier molecular flexibility index (Phi) is 4.02. The summed E-state index contributed by atoms with van der Waals surface area (Å²) in [4.78, 5) is 11.2. The fourth-order valence-corrected chi connectivity index (χ4v) is 4.21. The molecule has 1 aliphatic carbocycles.